The fourth-order valence-corrected chi connectivity index (χ4v) is 2.87. The fourth-order valence-electron chi connectivity index (χ4n) is 2.87. The predicted octanol–water partition coefficient (Wildman–Crippen LogP) is 3.70. The predicted molar refractivity (Wildman–Crippen MR) is 80.5 cm³/mol. The van der Waals surface area contributed by atoms with Crippen molar-refractivity contribution in [3.05, 3.63) is 47.7 Å². The molecule has 0 fully saturated rings. The molecule has 4 nitrogen and oxygen atoms in total. The minimum Gasteiger partial charge on any atom is -0.277 e. The van der Waals surface area contributed by atoms with Crippen LogP contribution in [0.4, 0.5) is 8.78 Å². The SMILES string of the molecule is Cc1cc(F)cc2c(-c3c(F)ccc4nn(C)cc34)n[nH]c12. The first-order valence-corrected chi connectivity index (χ1v) is 6.81. The molecule has 2 aromatic heterocycles. The molecule has 0 unspecified atom stereocenters. The summed E-state index contributed by atoms with van der Waals surface area (Å²) in [5.74, 6) is -0.776. The van der Waals surface area contributed by atoms with Crippen molar-refractivity contribution in [3.63, 3.8) is 0 Å². The van der Waals surface area contributed by atoms with E-state index in [1.165, 1.54) is 18.2 Å². The number of aryl methyl sites for hydroxylation is 2. The monoisotopic (exact) mass is 298 g/mol. The van der Waals surface area contributed by atoms with E-state index in [0.29, 0.717) is 33.1 Å². The highest BCUT2D eigenvalue weighted by Crippen LogP contribution is 2.35. The molecule has 110 valence electrons. The number of rotatable bonds is 1. The van der Waals surface area contributed by atoms with Crippen molar-refractivity contribution >= 4 is 21.8 Å². The number of halogens is 2. The minimum atomic E-state index is -0.407. The van der Waals surface area contributed by atoms with E-state index in [4.69, 9.17) is 0 Å². The Bertz CT molecular complexity index is 1030. The molecular weight excluding hydrogens is 286 g/mol. The van der Waals surface area contributed by atoms with Gasteiger partial charge in [0.2, 0.25) is 0 Å². The van der Waals surface area contributed by atoms with Crippen LogP contribution in [0.5, 0.6) is 0 Å². The number of nitrogens with one attached hydrogen (secondary N) is 1. The number of aromatic nitrogens is 4. The van der Waals surface area contributed by atoms with E-state index in [2.05, 4.69) is 15.3 Å². The molecule has 0 aliphatic carbocycles. The molecule has 0 aliphatic heterocycles. The number of H-pyrrole nitrogens is 1. The van der Waals surface area contributed by atoms with Crippen LogP contribution in [0.15, 0.2) is 30.5 Å². The molecule has 0 bridgehead atoms. The molecule has 2 aromatic carbocycles. The van der Waals surface area contributed by atoms with Crippen molar-refractivity contribution < 1.29 is 8.78 Å². The highest BCUT2D eigenvalue weighted by atomic mass is 19.1. The summed E-state index contributed by atoms with van der Waals surface area (Å²) in [5.41, 5.74) is 2.84. The van der Waals surface area contributed by atoms with Crippen LogP contribution >= 0.6 is 0 Å². The molecule has 4 aromatic rings. The largest absolute Gasteiger partial charge is 0.277 e. The average Bonchev–Trinajstić information content (AvgIpc) is 3.02. The van der Waals surface area contributed by atoms with Gasteiger partial charge < -0.3 is 0 Å². The summed E-state index contributed by atoms with van der Waals surface area (Å²) in [6.45, 7) is 1.79. The van der Waals surface area contributed by atoms with Gasteiger partial charge in [-0.3, -0.25) is 9.78 Å². The Morgan fingerprint density at radius 3 is 2.77 bits per heavy atom. The Morgan fingerprint density at radius 2 is 1.95 bits per heavy atom. The third-order valence-electron chi connectivity index (χ3n) is 3.82. The van der Waals surface area contributed by atoms with Crippen LogP contribution < -0.4 is 0 Å². The van der Waals surface area contributed by atoms with Crippen LogP contribution in [0.3, 0.4) is 0 Å². The standard InChI is InChI=1S/C16H12F2N4/c1-8-5-9(17)6-10-15(8)19-20-16(10)14-11-7-22(2)21-13(11)4-3-12(14)18/h3-7H,1-2H3,(H,19,20). The van der Waals surface area contributed by atoms with Crippen molar-refractivity contribution in [3.8, 4) is 11.3 Å². The van der Waals surface area contributed by atoms with Gasteiger partial charge in [0.05, 0.1) is 11.0 Å². The molecule has 0 aliphatic rings. The zero-order valence-corrected chi connectivity index (χ0v) is 12.0. The lowest BCUT2D eigenvalue weighted by Gasteiger charge is -2.03. The Balaban J connectivity index is 2.13. The number of hydrogen-bond acceptors (Lipinski definition) is 2. The second-order valence-electron chi connectivity index (χ2n) is 5.38. The molecule has 0 saturated heterocycles. The van der Waals surface area contributed by atoms with Gasteiger partial charge in [0.25, 0.3) is 0 Å². The van der Waals surface area contributed by atoms with Gasteiger partial charge in [0.1, 0.15) is 17.3 Å². The molecule has 1 N–H and O–H groups in total. The Morgan fingerprint density at radius 1 is 1.14 bits per heavy atom. The van der Waals surface area contributed by atoms with Crippen molar-refractivity contribution in [2.75, 3.05) is 0 Å². The quantitative estimate of drug-likeness (QED) is 0.582. The number of hydrogen-bond donors (Lipinski definition) is 1. The van der Waals surface area contributed by atoms with E-state index >= 15 is 0 Å². The first kappa shape index (κ1) is 12.9. The van der Waals surface area contributed by atoms with Crippen LogP contribution in [-0.2, 0) is 7.05 Å². The van der Waals surface area contributed by atoms with Gasteiger partial charge >= 0.3 is 0 Å². The summed E-state index contributed by atoms with van der Waals surface area (Å²) in [4.78, 5) is 0. The molecule has 2 heterocycles. The second kappa shape index (κ2) is 4.37. The summed E-state index contributed by atoms with van der Waals surface area (Å²) in [6.07, 6.45) is 1.74. The second-order valence-corrected chi connectivity index (χ2v) is 5.38. The van der Waals surface area contributed by atoms with Gasteiger partial charge in [-0.2, -0.15) is 10.2 Å². The number of nitrogens with zero attached hydrogens (tertiary/aromatic N) is 3. The molecule has 0 spiro atoms. The van der Waals surface area contributed by atoms with E-state index in [9.17, 15) is 8.78 Å². The summed E-state index contributed by atoms with van der Waals surface area (Å²) in [5, 5.41) is 12.6. The van der Waals surface area contributed by atoms with E-state index in [1.54, 1.807) is 30.9 Å². The van der Waals surface area contributed by atoms with Gasteiger partial charge in [-0.25, -0.2) is 8.78 Å². The summed E-state index contributed by atoms with van der Waals surface area (Å²) >= 11 is 0. The summed E-state index contributed by atoms with van der Waals surface area (Å²) < 4.78 is 29.8. The van der Waals surface area contributed by atoms with Crippen molar-refractivity contribution in [2.24, 2.45) is 7.05 Å². The first-order chi connectivity index (χ1) is 10.5. The van der Waals surface area contributed by atoms with Crippen molar-refractivity contribution in [1.82, 2.24) is 20.0 Å². The summed E-state index contributed by atoms with van der Waals surface area (Å²) in [6, 6.07) is 5.77. The van der Waals surface area contributed by atoms with E-state index in [0.717, 1.165) is 5.56 Å². The number of aromatic amines is 1. The average molecular weight is 298 g/mol. The molecule has 22 heavy (non-hydrogen) atoms. The maximum atomic E-state index is 14.4. The van der Waals surface area contributed by atoms with Gasteiger partial charge in [-0.1, -0.05) is 0 Å². The lowest BCUT2D eigenvalue weighted by molar-refractivity contribution is 0.628. The van der Waals surface area contributed by atoms with Crippen LogP contribution in [0.1, 0.15) is 5.56 Å². The van der Waals surface area contributed by atoms with Gasteiger partial charge in [-0.15, -0.1) is 0 Å². The molecule has 0 amide bonds. The zero-order chi connectivity index (χ0) is 15.4. The third kappa shape index (κ3) is 1.73. The molecule has 4 rings (SSSR count). The highest BCUT2D eigenvalue weighted by Gasteiger charge is 2.18. The van der Waals surface area contributed by atoms with Crippen LogP contribution in [0.25, 0.3) is 33.1 Å². The van der Waals surface area contributed by atoms with Crippen LogP contribution in [0.2, 0.25) is 0 Å². The molecule has 0 saturated carbocycles. The van der Waals surface area contributed by atoms with Crippen LogP contribution in [0, 0.1) is 18.6 Å². The Hall–Kier alpha value is -2.76. The minimum absolute atomic E-state index is 0.335. The smallest absolute Gasteiger partial charge is 0.133 e. The van der Waals surface area contributed by atoms with Crippen LogP contribution in [-0.4, -0.2) is 20.0 Å². The number of benzene rings is 2. The van der Waals surface area contributed by atoms with Gasteiger partial charge in [-0.05, 0) is 36.8 Å². The highest BCUT2D eigenvalue weighted by molar-refractivity contribution is 6.03. The van der Waals surface area contributed by atoms with Gasteiger partial charge in [0, 0.05) is 29.6 Å². The van der Waals surface area contributed by atoms with Crippen molar-refractivity contribution in [2.45, 2.75) is 6.92 Å². The summed E-state index contributed by atoms with van der Waals surface area (Å²) in [7, 11) is 1.77. The maximum absolute atomic E-state index is 14.4. The fraction of sp³-hybridized carbons (Fsp3) is 0.125. The van der Waals surface area contributed by atoms with E-state index in [1.807, 2.05) is 0 Å². The topological polar surface area (TPSA) is 46.5 Å². The Labute approximate surface area is 124 Å². The number of fused-ring (bicyclic) bond motifs is 2. The molecular formula is C16H12F2N4. The molecule has 6 heteroatoms. The van der Waals surface area contributed by atoms with E-state index in [-0.39, 0.29) is 5.82 Å². The van der Waals surface area contributed by atoms with E-state index < -0.39 is 5.82 Å². The zero-order valence-electron chi connectivity index (χ0n) is 12.0. The maximum Gasteiger partial charge on any atom is 0.133 e. The molecule has 0 atom stereocenters. The normalized spacial score (nSPS) is 11.6. The van der Waals surface area contributed by atoms with Crippen molar-refractivity contribution in [1.29, 1.82) is 0 Å². The van der Waals surface area contributed by atoms with Gasteiger partial charge in [0.15, 0.2) is 0 Å². The molecule has 0 radical (unpaired) electrons. The third-order valence-corrected chi connectivity index (χ3v) is 3.82. The lowest BCUT2D eigenvalue weighted by atomic mass is 10.0. The Kier molecular flexibility index (Phi) is 2.57. The lowest BCUT2D eigenvalue weighted by Crippen LogP contribution is -1.87. The first-order valence-electron chi connectivity index (χ1n) is 6.81.